The monoisotopic (exact) mass is 382 g/mol. The molecule has 2 heterocycles. The first kappa shape index (κ1) is 20.0. The van der Waals surface area contributed by atoms with E-state index in [1.165, 1.54) is 17.4 Å². The predicted molar refractivity (Wildman–Crippen MR) is 112 cm³/mol. The lowest BCUT2D eigenvalue weighted by Gasteiger charge is -2.37. The van der Waals surface area contributed by atoms with Crippen molar-refractivity contribution in [3.05, 3.63) is 59.5 Å². The van der Waals surface area contributed by atoms with E-state index >= 15 is 0 Å². The van der Waals surface area contributed by atoms with Crippen molar-refractivity contribution in [3.63, 3.8) is 0 Å². The number of hydrogen-bond donors (Lipinski definition) is 1. The van der Waals surface area contributed by atoms with Crippen molar-refractivity contribution in [3.8, 4) is 0 Å². The van der Waals surface area contributed by atoms with E-state index in [4.69, 9.17) is 4.42 Å². The lowest BCUT2D eigenvalue weighted by Crippen LogP contribution is -2.54. The van der Waals surface area contributed by atoms with Crippen LogP contribution in [0.25, 0.3) is 0 Å². The summed E-state index contributed by atoms with van der Waals surface area (Å²) in [7, 11) is 1.81. The summed E-state index contributed by atoms with van der Waals surface area (Å²) < 4.78 is 5.23. The lowest BCUT2D eigenvalue weighted by atomic mass is 9.84. The Hall–Kier alpha value is -2.76. The zero-order valence-corrected chi connectivity index (χ0v) is 17.2. The van der Waals surface area contributed by atoms with E-state index < -0.39 is 0 Å². The molecule has 28 heavy (non-hydrogen) atoms. The maximum Gasteiger partial charge on any atom is 0.289 e. The molecule has 1 aromatic carbocycles. The molecule has 2 aromatic rings. The van der Waals surface area contributed by atoms with E-state index in [1.807, 2.05) is 11.9 Å². The second-order valence-corrected chi connectivity index (χ2v) is 7.91. The van der Waals surface area contributed by atoms with Gasteiger partial charge in [-0.05, 0) is 24.6 Å². The molecule has 1 aromatic heterocycles. The van der Waals surface area contributed by atoms with Gasteiger partial charge in [0.1, 0.15) is 0 Å². The molecule has 1 aliphatic heterocycles. The first-order valence-corrected chi connectivity index (χ1v) is 9.76. The summed E-state index contributed by atoms with van der Waals surface area (Å²) >= 11 is 0. The number of hydrogen-bond acceptors (Lipinski definition) is 3. The van der Waals surface area contributed by atoms with Crippen molar-refractivity contribution in [2.75, 3.05) is 39.8 Å². The van der Waals surface area contributed by atoms with Crippen LogP contribution in [0.2, 0.25) is 0 Å². The molecule has 0 spiro atoms. The minimum absolute atomic E-state index is 0.0148. The van der Waals surface area contributed by atoms with Crippen molar-refractivity contribution in [2.24, 2.45) is 4.99 Å². The van der Waals surface area contributed by atoms with Gasteiger partial charge in [0.15, 0.2) is 11.7 Å². The number of benzene rings is 1. The summed E-state index contributed by atoms with van der Waals surface area (Å²) in [5.74, 6) is 1.23. The Balaban J connectivity index is 1.55. The fourth-order valence-electron chi connectivity index (χ4n) is 3.48. The van der Waals surface area contributed by atoms with Gasteiger partial charge in [-0.25, -0.2) is 0 Å². The van der Waals surface area contributed by atoms with Crippen LogP contribution in [0.5, 0.6) is 0 Å². The largest absolute Gasteiger partial charge is 0.459 e. The molecule has 1 N–H and O–H groups in total. The molecule has 6 nitrogen and oxygen atoms in total. The normalized spacial score (nSPS) is 15.6. The van der Waals surface area contributed by atoms with Gasteiger partial charge in [-0.2, -0.15) is 0 Å². The van der Waals surface area contributed by atoms with Crippen LogP contribution in [0, 0.1) is 6.92 Å². The van der Waals surface area contributed by atoms with Gasteiger partial charge in [-0.15, -0.1) is 0 Å². The Bertz CT molecular complexity index is 819. The molecular formula is C22H30N4O2. The average Bonchev–Trinajstić information content (AvgIpc) is 3.23. The number of nitrogens with zero attached hydrogens (tertiary/aromatic N) is 3. The predicted octanol–water partition coefficient (Wildman–Crippen LogP) is 2.90. The Morgan fingerprint density at radius 1 is 1.14 bits per heavy atom. The summed E-state index contributed by atoms with van der Waals surface area (Å²) in [6.45, 7) is 10.2. The number of furan rings is 1. The van der Waals surface area contributed by atoms with Crippen molar-refractivity contribution in [1.82, 2.24) is 15.1 Å². The first-order chi connectivity index (χ1) is 13.4. The molecule has 0 unspecified atom stereocenters. The number of aryl methyl sites for hydroxylation is 1. The highest BCUT2D eigenvalue weighted by atomic mass is 16.3. The maximum absolute atomic E-state index is 12.4. The van der Waals surface area contributed by atoms with E-state index in [0.717, 1.165) is 25.6 Å². The second kappa shape index (κ2) is 8.50. The van der Waals surface area contributed by atoms with Gasteiger partial charge in [-0.3, -0.25) is 9.79 Å². The molecule has 1 aliphatic rings. The van der Waals surface area contributed by atoms with E-state index in [0.29, 0.717) is 18.8 Å². The SMILES string of the molecule is CN=C(NCC(C)(C)c1cccc(C)c1)N1CCN(C(=O)c2ccco2)CC1. The van der Waals surface area contributed by atoms with Crippen LogP contribution in [0.4, 0.5) is 0 Å². The fourth-order valence-corrected chi connectivity index (χ4v) is 3.48. The third kappa shape index (κ3) is 4.55. The van der Waals surface area contributed by atoms with Gasteiger partial charge >= 0.3 is 0 Å². The second-order valence-electron chi connectivity index (χ2n) is 7.91. The summed E-state index contributed by atoms with van der Waals surface area (Å²) in [5.41, 5.74) is 2.57. The number of guanidine groups is 1. The highest BCUT2D eigenvalue weighted by Crippen LogP contribution is 2.23. The van der Waals surface area contributed by atoms with Crippen LogP contribution in [0.1, 0.15) is 35.5 Å². The fraction of sp³-hybridized carbons (Fsp3) is 0.455. The van der Waals surface area contributed by atoms with Crippen LogP contribution in [0.3, 0.4) is 0 Å². The number of piperazine rings is 1. The molecule has 1 saturated heterocycles. The zero-order valence-electron chi connectivity index (χ0n) is 17.2. The molecule has 3 rings (SSSR count). The minimum Gasteiger partial charge on any atom is -0.459 e. The smallest absolute Gasteiger partial charge is 0.289 e. The van der Waals surface area contributed by atoms with E-state index in [9.17, 15) is 4.79 Å². The van der Waals surface area contributed by atoms with Gasteiger partial charge in [0.2, 0.25) is 0 Å². The molecule has 6 heteroatoms. The third-order valence-electron chi connectivity index (χ3n) is 5.30. The molecular weight excluding hydrogens is 352 g/mol. The Kier molecular flexibility index (Phi) is 6.07. The Morgan fingerprint density at radius 2 is 1.86 bits per heavy atom. The molecule has 0 atom stereocenters. The standard InChI is InChI=1S/C22H30N4O2/c1-17-7-5-8-18(15-17)22(2,3)16-24-21(23-4)26-12-10-25(11-13-26)20(27)19-9-6-14-28-19/h5-9,14-15H,10-13,16H2,1-4H3,(H,23,24). The van der Waals surface area contributed by atoms with Crippen LogP contribution >= 0.6 is 0 Å². The van der Waals surface area contributed by atoms with Crippen LogP contribution in [-0.4, -0.2) is 61.4 Å². The number of rotatable bonds is 4. The minimum atomic E-state index is -0.0480. The van der Waals surface area contributed by atoms with Crippen LogP contribution in [-0.2, 0) is 5.41 Å². The molecule has 1 amide bonds. The first-order valence-electron chi connectivity index (χ1n) is 9.76. The average molecular weight is 383 g/mol. The molecule has 0 saturated carbocycles. The van der Waals surface area contributed by atoms with Crippen molar-refractivity contribution in [1.29, 1.82) is 0 Å². The third-order valence-corrected chi connectivity index (χ3v) is 5.30. The quantitative estimate of drug-likeness (QED) is 0.652. The van der Waals surface area contributed by atoms with E-state index in [-0.39, 0.29) is 11.3 Å². The summed E-state index contributed by atoms with van der Waals surface area (Å²) in [6, 6.07) is 12.1. The number of amides is 1. The summed E-state index contributed by atoms with van der Waals surface area (Å²) in [6.07, 6.45) is 1.53. The van der Waals surface area contributed by atoms with Crippen molar-refractivity contribution in [2.45, 2.75) is 26.2 Å². The van der Waals surface area contributed by atoms with Gasteiger partial charge in [0.05, 0.1) is 6.26 Å². The number of nitrogens with one attached hydrogen (secondary N) is 1. The van der Waals surface area contributed by atoms with Gasteiger partial charge in [-0.1, -0.05) is 43.7 Å². The molecule has 0 aliphatic carbocycles. The van der Waals surface area contributed by atoms with Crippen LogP contribution < -0.4 is 5.32 Å². The number of carbonyl (C=O) groups excluding carboxylic acids is 1. The van der Waals surface area contributed by atoms with Crippen molar-refractivity contribution >= 4 is 11.9 Å². The maximum atomic E-state index is 12.4. The Morgan fingerprint density at radius 3 is 2.46 bits per heavy atom. The highest BCUT2D eigenvalue weighted by molar-refractivity contribution is 5.91. The lowest BCUT2D eigenvalue weighted by molar-refractivity contribution is 0.0657. The van der Waals surface area contributed by atoms with E-state index in [1.54, 1.807) is 12.1 Å². The summed E-state index contributed by atoms with van der Waals surface area (Å²) in [4.78, 5) is 20.9. The van der Waals surface area contributed by atoms with Gasteiger partial charge in [0, 0.05) is 45.2 Å². The molecule has 150 valence electrons. The van der Waals surface area contributed by atoms with Gasteiger partial charge in [0.25, 0.3) is 5.91 Å². The Labute approximate surface area is 167 Å². The molecule has 0 bridgehead atoms. The molecule has 0 radical (unpaired) electrons. The number of carbonyl (C=O) groups is 1. The van der Waals surface area contributed by atoms with Gasteiger partial charge < -0.3 is 19.5 Å². The molecule has 1 fully saturated rings. The highest BCUT2D eigenvalue weighted by Gasteiger charge is 2.27. The van der Waals surface area contributed by atoms with Crippen molar-refractivity contribution < 1.29 is 9.21 Å². The topological polar surface area (TPSA) is 61.1 Å². The van der Waals surface area contributed by atoms with E-state index in [2.05, 4.69) is 60.2 Å². The van der Waals surface area contributed by atoms with Crippen LogP contribution in [0.15, 0.2) is 52.1 Å². The summed E-state index contributed by atoms with van der Waals surface area (Å²) in [5, 5.41) is 3.52. The number of aliphatic imine (C=N–C) groups is 1. The zero-order chi connectivity index (χ0) is 20.1.